The molecule has 1 aromatic carbocycles. The third-order valence-electron chi connectivity index (χ3n) is 6.51. The highest BCUT2D eigenvalue weighted by molar-refractivity contribution is 6.30. The number of likely N-dealkylation sites (N-methyl/N-ethyl adjacent to an activating group) is 1. The Hall–Kier alpha value is -3.54. The number of carbonyl (C=O) groups is 3. The molecular weight excluding hydrogens is 457 g/mol. The molecule has 1 amide bonds. The first-order valence-electron chi connectivity index (χ1n) is 10.5. The van der Waals surface area contributed by atoms with Crippen LogP contribution in [0.1, 0.15) is 36.3 Å². The summed E-state index contributed by atoms with van der Waals surface area (Å²) in [7, 11) is 1.63. The van der Waals surface area contributed by atoms with Crippen LogP contribution in [0.25, 0.3) is 11.3 Å². The number of hydroxylamine groups is 2. The fraction of sp³-hybridized carbons (Fsp3) is 0.409. The number of carbonyl (C=O) groups excluding carboxylic acids is 3. The molecule has 1 spiro atoms. The van der Waals surface area contributed by atoms with Gasteiger partial charge in [-0.1, -0.05) is 17.2 Å². The van der Waals surface area contributed by atoms with Gasteiger partial charge in [0.05, 0.1) is 11.3 Å². The summed E-state index contributed by atoms with van der Waals surface area (Å²) < 4.78 is 44.4. The average molecular weight is 476 g/mol. The molecule has 2 atom stereocenters. The molecule has 3 aliphatic rings. The van der Waals surface area contributed by atoms with Gasteiger partial charge in [-0.25, -0.2) is 19.6 Å². The molecule has 9 nitrogen and oxygen atoms in total. The maximum Gasteiger partial charge on any atom is 0.436 e. The van der Waals surface area contributed by atoms with Crippen LogP contribution in [0.2, 0.25) is 0 Å². The number of fused-ring (bicyclic) bond motifs is 2. The van der Waals surface area contributed by atoms with Crippen molar-refractivity contribution in [1.29, 1.82) is 0 Å². The Morgan fingerprint density at radius 1 is 1.00 bits per heavy atom. The molecule has 1 aromatic heterocycles. The highest BCUT2D eigenvalue weighted by atomic mass is 19.4. The summed E-state index contributed by atoms with van der Waals surface area (Å²) in [6.07, 6.45) is -3.83. The number of ether oxygens (including phenoxy) is 1. The highest BCUT2D eigenvalue weighted by Crippen LogP contribution is 2.53. The Labute approximate surface area is 191 Å². The highest BCUT2D eigenvalue weighted by Gasteiger charge is 2.70. The van der Waals surface area contributed by atoms with Crippen LogP contribution in [-0.4, -0.2) is 56.9 Å². The van der Waals surface area contributed by atoms with Crippen LogP contribution in [0, 0.1) is 6.92 Å². The van der Waals surface area contributed by atoms with Crippen molar-refractivity contribution in [2.45, 2.75) is 43.6 Å². The largest absolute Gasteiger partial charge is 0.436 e. The fourth-order valence-electron chi connectivity index (χ4n) is 4.80. The summed E-state index contributed by atoms with van der Waals surface area (Å²) in [5.41, 5.74) is -2.66. The molecule has 0 unspecified atom stereocenters. The Kier molecular flexibility index (Phi) is 4.73. The summed E-state index contributed by atoms with van der Waals surface area (Å²) in [4.78, 5) is 53.1. The van der Waals surface area contributed by atoms with Crippen molar-refractivity contribution in [3.05, 3.63) is 47.4 Å². The van der Waals surface area contributed by atoms with Crippen LogP contribution in [0.3, 0.4) is 0 Å². The second-order valence-corrected chi connectivity index (χ2v) is 8.65. The van der Waals surface area contributed by atoms with Crippen molar-refractivity contribution < 1.29 is 37.1 Å². The average Bonchev–Trinajstić information content (AvgIpc) is 3.26. The quantitative estimate of drug-likeness (QED) is 0.481. The standard InChI is InChI=1S/C22H19F3N4O5/c1-12-11-15(13-3-5-14(6-4-13)22(23,24)25)27-18(26-12)21-8-7-20(9-10-28(2)19(20)32)29(21)34-17(31)16(30)33-21/h3-6,11H,7-10H2,1-2H3/t20-,21+/m0/s1. The number of alkyl halides is 3. The van der Waals surface area contributed by atoms with E-state index < -0.39 is 34.9 Å². The SMILES string of the molecule is Cc1cc(-c2ccc(C(F)(F)F)cc2)nc([C@]23CC[C@@]4(CCN(C)C4=O)N2OC(=O)C(=O)O3)n1. The normalized spacial score (nSPS) is 27.2. The van der Waals surface area contributed by atoms with Gasteiger partial charge in [-0.05, 0) is 38.0 Å². The third kappa shape index (κ3) is 3.16. The number of esters is 1. The molecule has 34 heavy (non-hydrogen) atoms. The number of aryl methyl sites for hydroxylation is 1. The van der Waals surface area contributed by atoms with Crippen LogP contribution < -0.4 is 0 Å². The predicted octanol–water partition coefficient (Wildman–Crippen LogP) is 2.34. The van der Waals surface area contributed by atoms with Crippen molar-refractivity contribution in [2.75, 3.05) is 13.6 Å². The molecule has 0 radical (unpaired) electrons. The van der Waals surface area contributed by atoms with Gasteiger partial charge in [-0.3, -0.25) is 4.79 Å². The van der Waals surface area contributed by atoms with E-state index in [-0.39, 0.29) is 30.3 Å². The lowest BCUT2D eigenvalue weighted by atomic mass is 9.95. The first-order chi connectivity index (χ1) is 16.0. The first-order valence-corrected chi connectivity index (χ1v) is 10.5. The predicted molar refractivity (Wildman–Crippen MR) is 107 cm³/mol. The fourth-order valence-corrected chi connectivity index (χ4v) is 4.80. The molecule has 0 saturated carbocycles. The van der Waals surface area contributed by atoms with Crippen molar-refractivity contribution >= 4 is 17.8 Å². The van der Waals surface area contributed by atoms with Crippen molar-refractivity contribution in [1.82, 2.24) is 19.9 Å². The van der Waals surface area contributed by atoms with Gasteiger partial charge < -0.3 is 14.5 Å². The van der Waals surface area contributed by atoms with E-state index in [9.17, 15) is 27.6 Å². The lowest BCUT2D eigenvalue weighted by Crippen LogP contribution is -2.62. The van der Waals surface area contributed by atoms with Gasteiger partial charge in [0.1, 0.15) is 5.54 Å². The van der Waals surface area contributed by atoms with Crippen LogP contribution in [0.15, 0.2) is 30.3 Å². The van der Waals surface area contributed by atoms with E-state index in [1.807, 2.05) is 0 Å². The van der Waals surface area contributed by atoms with E-state index >= 15 is 0 Å². The zero-order chi connectivity index (χ0) is 24.5. The van der Waals surface area contributed by atoms with Crippen LogP contribution in [0.4, 0.5) is 13.2 Å². The number of rotatable bonds is 2. The molecule has 0 aliphatic carbocycles. The third-order valence-corrected chi connectivity index (χ3v) is 6.51. The van der Waals surface area contributed by atoms with E-state index in [1.165, 1.54) is 17.0 Å². The van der Waals surface area contributed by atoms with Crippen LogP contribution in [-0.2, 0) is 35.9 Å². The number of nitrogens with zero attached hydrogens (tertiary/aromatic N) is 4. The molecule has 5 rings (SSSR count). The van der Waals surface area contributed by atoms with Gasteiger partial charge >= 0.3 is 18.1 Å². The zero-order valence-corrected chi connectivity index (χ0v) is 18.2. The van der Waals surface area contributed by atoms with Gasteiger partial charge in [-0.15, -0.1) is 0 Å². The number of amides is 1. The van der Waals surface area contributed by atoms with Gasteiger partial charge in [0, 0.05) is 31.3 Å². The Balaban J connectivity index is 1.61. The number of hydrogen-bond acceptors (Lipinski definition) is 8. The summed E-state index contributed by atoms with van der Waals surface area (Å²) >= 11 is 0. The minimum Gasteiger partial charge on any atom is -0.424 e. The number of halogens is 3. The molecule has 2 aromatic rings. The summed E-state index contributed by atoms with van der Waals surface area (Å²) in [6, 6.07) is 6.02. The minimum absolute atomic E-state index is 0.0255. The van der Waals surface area contributed by atoms with Crippen LogP contribution >= 0.6 is 0 Å². The number of hydrogen-bond donors (Lipinski definition) is 0. The van der Waals surface area contributed by atoms with Gasteiger partial charge in [-0.2, -0.15) is 13.2 Å². The maximum absolute atomic E-state index is 13.0. The molecule has 3 aliphatic heterocycles. The summed E-state index contributed by atoms with van der Waals surface area (Å²) in [5, 5.41) is 1.11. The second-order valence-electron chi connectivity index (χ2n) is 8.65. The van der Waals surface area contributed by atoms with Gasteiger partial charge in [0.15, 0.2) is 5.82 Å². The molecule has 3 fully saturated rings. The summed E-state index contributed by atoms with van der Waals surface area (Å²) in [5.74, 6) is -2.80. The molecule has 4 heterocycles. The lowest BCUT2D eigenvalue weighted by Gasteiger charge is -2.42. The Bertz CT molecular complexity index is 1220. The maximum atomic E-state index is 13.0. The monoisotopic (exact) mass is 476 g/mol. The molecule has 0 bridgehead atoms. The Morgan fingerprint density at radius 3 is 2.32 bits per heavy atom. The van der Waals surface area contributed by atoms with Crippen molar-refractivity contribution in [3.63, 3.8) is 0 Å². The number of benzene rings is 1. The van der Waals surface area contributed by atoms with Crippen molar-refractivity contribution in [3.8, 4) is 11.3 Å². The lowest BCUT2D eigenvalue weighted by molar-refractivity contribution is -0.322. The smallest absolute Gasteiger partial charge is 0.424 e. The van der Waals surface area contributed by atoms with E-state index in [0.717, 1.165) is 17.2 Å². The van der Waals surface area contributed by atoms with E-state index in [2.05, 4.69) is 9.97 Å². The number of aromatic nitrogens is 2. The van der Waals surface area contributed by atoms with E-state index in [1.54, 1.807) is 20.0 Å². The molecular formula is C22H19F3N4O5. The van der Waals surface area contributed by atoms with Gasteiger partial charge in [0.25, 0.3) is 5.72 Å². The molecule has 3 saturated heterocycles. The van der Waals surface area contributed by atoms with Crippen LogP contribution in [0.5, 0.6) is 0 Å². The molecule has 0 N–H and O–H groups in total. The zero-order valence-electron chi connectivity index (χ0n) is 18.2. The Morgan fingerprint density at radius 2 is 1.71 bits per heavy atom. The summed E-state index contributed by atoms with van der Waals surface area (Å²) in [6.45, 7) is 2.07. The van der Waals surface area contributed by atoms with Gasteiger partial charge in [0.2, 0.25) is 5.91 Å². The second kappa shape index (κ2) is 7.23. The number of likely N-dealkylation sites (tertiary alicyclic amines) is 1. The topological polar surface area (TPSA) is 102 Å². The van der Waals surface area contributed by atoms with E-state index in [4.69, 9.17) is 9.57 Å². The van der Waals surface area contributed by atoms with E-state index in [0.29, 0.717) is 24.2 Å². The first kappa shape index (κ1) is 22.3. The molecule has 178 valence electrons. The minimum atomic E-state index is -4.48. The van der Waals surface area contributed by atoms with Crippen molar-refractivity contribution in [2.24, 2.45) is 0 Å². The molecule has 12 heteroatoms.